The Balaban J connectivity index is 1.61. The highest BCUT2D eigenvalue weighted by Gasteiger charge is 2.41. The minimum absolute atomic E-state index is 0.334. The lowest BCUT2D eigenvalue weighted by Gasteiger charge is -2.26. The fourth-order valence-electron chi connectivity index (χ4n) is 4.56. The topological polar surface area (TPSA) is 103 Å². The van der Waals surface area contributed by atoms with Crippen molar-refractivity contribution in [3.8, 4) is 11.3 Å². The van der Waals surface area contributed by atoms with Gasteiger partial charge in [0, 0.05) is 5.56 Å². The van der Waals surface area contributed by atoms with Crippen LogP contribution in [-0.4, -0.2) is 32.1 Å². The number of hydrogen-bond acceptors (Lipinski definition) is 4. The van der Waals surface area contributed by atoms with Crippen molar-refractivity contribution in [1.82, 2.24) is 20.1 Å². The number of benzene rings is 2. The standard InChI is InChI=1S/C26H25N5O2/c27-25(33)26(13-7-8-14-26)30-24(32)20-15-22(19-11-5-2-6-12-19)29-23-21(20)16-28-31(23)17-18-9-3-1-4-10-18/h1-6,9-12,15-16H,7-8,13-14,17H2,(H2,27,33)(H,30,32). The molecule has 3 N–H and O–H groups in total. The Hall–Kier alpha value is -4.00. The van der Waals surface area contributed by atoms with Gasteiger partial charge in [0.1, 0.15) is 5.54 Å². The van der Waals surface area contributed by atoms with Gasteiger partial charge in [-0.1, -0.05) is 73.5 Å². The zero-order chi connectivity index (χ0) is 22.8. The maximum atomic E-state index is 13.5. The molecule has 1 saturated carbocycles. The van der Waals surface area contributed by atoms with Gasteiger partial charge in [0.25, 0.3) is 5.91 Å². The Labute approximate surface area is 191 Å². The van der Waals surface area contributed by atoms with E-state index in [4.69, 9.17) is 10.7 Å². The van der Waals surface area contributed by atoms with Crippen molar-refractivity contribution in [3.63, 3.8) is 0 Å². The van der Waals surface area contributed by atoms with Crippen LogP contribution in [-0.2, 0) is 11.3 Å². The third kappa shape index (κ3) is 3.98. The first-order valence-corrected chi connectivity index (χ1v) is 11.1. The van der Waals surface area contributed by atoms with Gasteiger partial charge in [-0.25, -0.2) is 9.67 Å². The molecule has 1 fully saturated rings. The molecule has 4 aromatic rings. The molecule has 1 aliphatic carbocycles. The van der Waals surface area contributed by atoms with Crippen molar-refractivity contribution < 1.29 is 9.59 Å². The van der Waals surface area contributed by atoms with Crippen LogP contribution in [0.1, 0.15) is 41.6 Å². The number of pyridine rings is 1. The number of carbonyl (C=O) groups is 2. The van der Waals surface area contributed by atoms with Crippen LogP contribution in [0.5, 0.6) is 0 Å². The Bertz CT molecular complexity index is 1310. The number of rotatable bonds is 6. The fraction of sp³-hybridized carbons (Fsp3) is 0.231. The molecule has 33 heavy (non-hydrogen) atoms. The summed E-state index contributed by atoms with van der Waals surface area (Å²) in [6, 6.07) is 21.5. The molecule has 1 aliphatic rings. The van der Waals surface area contributed by atoms with Crippen LogP contribution >= 0.6 is 0 Å². The Morgan fingerprint density at radius 1 is 1.00 bits per heavy atom. The number of nitrogens with one attached hydrogen (secondary N) is 1. The summed E-state index contributed by atoms with van der Waals surface area (Å²) < 4.78 is 1.80. The summed E-state index contributed by atoms with van der Waals surface area (Å²) in [5, 5.41) is 8.13. The molecule has 7 nitrogen and oxygen atoms in total. The predicted octanol–water partition coefficient (Wildman–Crippen LogP) is 3.67. The molecule has 2 aromatic carbocycles. The number of hydrogen-bond donors (Lipinski definition) is 2. The Morgan fingerprint density at radius 3 is 2.33 bits per heavy atom. The van der Waals surface area contributed by atoms with Gasteiger partial charge >= 0.3 is 0 Å². The van der Waals surface area contributed by atoms with Gasteiger partial charge in [0.2, 0.25) is 5.91 Å². The molecular weight excluding hydrogens is 414 g/mol. The summed E-state index contributed by atoms with van der Waals surface area (Å²) in [6.45, 7) is 0.530. The molecule has 0 radical (unpaired) electrons. The van der Waals surface area contributed by atoms with E-state index < -0.39 is 11.4 Å². The van der Waals surface area contributed by atoms with E-state index in [1.54, 1.807) is 16.9 Å². The van der Waals surface area contributed by atoms with E-state index in [1.165, 1.54) is 0 Å². The lowest BCUT2D eigenvalue weighted by molar-refractivity contribution is -0.123. The smallest absolute Gasteiger partial charge is 0.253 e. The first kappa shape index (κ1) is 20.9. The molecule has 2 aromatic heterocycles. The van der Waals surface area contributed by atoms with Crippen LogP contribution in [0.25, 0.3) is 22.3 Å². The Morgan fingerprint density at radius 2 is 1.67 bits per heavy atom. The zero-order valence-corrected chi connectivity index (χ0v) is 18.2. The molecule has 5 rings (SSSR count). The summed E-state index contributed by atoms with van der Waals surface area (Å²) in [4.78, 5) is 30.6. The first-order valence-electron chi connectivity index (χ1n) is 11.1. The maximum Gasteiger partial charge on any atom is 0.253 e. The highest BCUT2D eigenvalue weighted by atomic mass is 16.2. The van der Waals surface area contributed by atoms with Crippen LogP contribution in [0, 0.1) is 0 Å². The molecule has 7 heteroatoms. The second-order valence-corrected chi connectivity index (χ2v) is 8.55. The summed E-state index contributed by atoms with van der Waals surface area (Å²) in [6.07, 6.45) is 4.50. The number of nitrogens with two attached hydrogens (primary N) is 1. The van der Waals surface area contributed by atoms with Gasteiger partial charge in [-0.3, -0.25) is 9.59 Å². The van der Waals surface area contributed by atoms with Crippen LogP contribution in [0.2, 0.25) is 0 Å². The number of primary amides is 1. The summed E-state index contributed by atoms with van der Waals surface area (Å²) in [5.41, 5.74) is 8.40. The van der Waals surface area contributed by atoms with E-state index in [0.717, 1.165) is 24.0 Å². The largest absolute Gasteiger partial charge is 0.368 e. The van der Waals surface area contributed by atoms with Crippen LogP contribution < -0.4 is 11.1 Å². The molecule has 0 saturated heterocycles. The van der Waals surface area contributed by atoms with Gasteiger partial charge in [0.05, 0.1) is 29.4 Å². The van der Waals surface area contributed by atoms with Gasteiger partial charge in [-0.2, -0.15) is 5.10 Å². The van der Waals surface area contributed by atoms with Crippen molar-refractivity contribution >= 4 is 22.8 Å². The molecule has 0 aliphatic heterocycles. The van der Waals surface area contributed by atoms with Gasteiger partial charge in [-0.05, 0) is 24.5 Å². The predicted molar refractivity (Wildman–Crippen MR) is 126 cm³/mol. The average molecular weight is 440 g/mol. The van der Waals surface area contributed by atoms with Crippen LogP contribution in [0.3, 0.4) is 0 Å². The van der Waals surface area contributed by atoms with E-state index in [9.17, 15) is 9.59 Å². The van der Waals surface area contributed by atoms with E-state index in [-0.39, 0.29) is 5.91 Å². The monoisotopic (exact) mass is 439 g/mol. The first-order chi connectivity index (χ1) is 16.1. The van der Waals surface area contributed by atoms with Gasteiger partial charge in [-0.15, -0.1) is 0 Å². The number of carbonyl (C=O) groups excluding carboxylic acids is 2. The molecule has 166 valence electrons. The lowest BCUT2D eigenvalue weighted by atomic mass is 9.95. The third-order valence-corrected chi connectivity index (χ3v) is 6.38. The summed E-state index contributed by atoms with van der Waals surface area (Å²) >= 11 is 0. The molecule has 2 heterocycles. The molecule has 2 amide bonds. The summed E-state index contributed by atoms with van der Waals surface area (Å²) in [7, 11) is 0. The second-order valence-electron chi connectivity index (χ2n) is 8.55. The number of fused-ring (bicyclic) bond motifs is 1. The van der Waals surface area contributed by atoms with Crippen molar-refractivity contribution in [2.24, 2.45) is 5.73 Å². The van der Waals surface area contributed by atoms with Crippen molar-refractivity contribution in [3.05, 3.63) is 84.1 Å². The van der Waals surface area contributed by atoms with Gasteiger partial charge in [0.15, 0.2) is 5.65 Å². The molecule has 0 atom stereocenters. The van der Waals surface area contributed by atoms with Crippen LogP contribution in [0.4, 0.5) is 0 Å². The maximum absolute atomic E-state index is 13.5. The van der Waals surface area contributed by atoms with Crippen LogP contribution in [0.15, 0.2) is 72.9 Å². The SMILES string of the molecule is NC(=O)C1(NC(=O)c2cc(-c3ccccc3)nc3c2cnn3Cc2ccccc2)CCCC1. The number of nitrogens with zero attached hydrogens (tertiary/aromatic N) is 3. The Kier molecular flexibility index (Phi) is 5.38. The van der Waals surface area contributed by atoms with E-state index in [0.29, 0.717) is 41.7 Å². The van der Waals surface area contributed by atoms with Crippen molar-refractivity contribution in [2.75, 3.05) is 0 Å². The third-order valence-electron chi connectivity index (χ3n) is 6.38. The molecule has 0 unspecified atom stereocenters. The number of aromatic nitrogens is 3. The normalized spacial score (nSPS) is 14.9. The van der Waals surface area contributed by atoms with Crippen molar-refractivity contribution in [2.45, 2.75) is 37.8 Å². The minimum Gasteiger partial charge on any atom is -0.368 e. The van der Waals surface area contributed by atoms with E-state index in [2.05, 4.69) is 10.4 Å². The summed E-state index contributed by atoms with van der Waals surface area (Å²) in [5.74, 6) is -0.818. The minimum atomic E-state index is -1.00. The highest BCUT2D eigenvalue weighted by Crippen LogP contribution is 2.31. The number of amides is 2. The van der Waals surface area contributed by atoms with E-state index in [1.807, 2.05) is 60.7 Å². The second kappa shape index (κ2) is 8.50. The zero-order valence-electron chi connectivity index (χ0n) is 18.2. The molecular formula is C26H25N5O2. The van der Waals surface area contributed by atoms with Gasteiger partial charge < -0.3 is 11.1 Å². The molecule has 0 spiro atoms. The highest BCUT2D eigenvalue weighted by molar-refractivity contribution is 6.08. The fourth-order valence-corrected chi connectivity index (χ4v) is 4.56. The average Bonchev–Trinajstić information content (AvgIpc) is 3.48. The van der Waals surface area contributed by atoms with E-state index >= 15 is 0 Å². The molecule has 0 bridgehead atoms. The lowest BCUT2D eigenvalue weighted by Crippen LogP contribution is -2.55. The van der Waals surface area contributed by atoms with Crippen molar-refractivity contribution in [1.29, 1.82) is 0 Å². The quantitative estimate of drug-likeness (QED) is 0.478.